The van der Waals surface area contributed by atoms with Crippen molar-refractivity contribution in [3.63, 3.8) is 0 Å². The summed E-state index contributed by atoms with van der Waals surface area (Å²) < 4.78 is 42.3. The maximum atomic E-state index is 10.9. The molecule has 4 rings (SSSR count). The molecule has 0 aliphatic heterocycles. The van der Waals surface area contributed by atoms with Gasteiger partial charge in [0, 0.05) is 26.1 Å². The van der Waals surface area contributed by atoms with E-state index in [9.17, 15) is 19.3 Å². The van der Waals surface area contributed by atoms with Gasteiger partial charge in [0.1, 0.15) is 11.5 Å². The van der Waals surface area contributed by atoms with Gasteiger partial charge < -0.3 is 35.9 Å². The van der Waals surface area contributed by atoms with Crippen LogP contribution in [0.4, 0.5) is 0 Å². The highest BCUT2D eigenvalue weighted by atomic mass is 32.3. The number of methoxy groups -OCH3 is 1. The number of allylic oxidation sites excluding steroid dienone is 6. The lowest BCUT2D eigenvalue weighted by Gasteiger charge is -2.44. The third-order valence-corrected chi connectivity index (χ3v) is 11.4. The van der Waals surface area contributed by atoms with E-state index in [1.54, 1.807) is 13.2 Å². The van der Waals surface area contributed by atoms with Crippen molar-refractivity contribution >= 4 is 10.8 Å². The molecule has 0 saturated carbocycles. The number of aliphatic hydroxyl groups is 2. The van der Waals surface area contributed by atoms with E-state index in [2.05, 4.69) is 41.3 Å². The lowest BCUT2D eigenvalue weighted by Crippen LogP contribution is -2.52. The molecule has 0 heterocycles. The van der Waals surface area contributed by atoms with Crippen molar-refractivity contribution in [1.29, 1.82) is 0 Å². The Morgan fingerprint density at radius 1 is 0.896 bits per heavy atom. The van der Waals surface area contributed by atoms with Gasteiger partial charge in [-0.3, -0.25) is 14.4 Å². The maximum Gasteiger partial charge on any atom is 0.229 e. The summed E-state index contributed by atoms with van der Waals surface area (Å²) in [5.74, 6) is -0.441. The molecule has 11 nitrogen and oxygen atoms in total. The van der Waals surface area contributed by atoms with Crippen LogP contribution in [0.2, 0.25) is 0 Å². The summed E-state index contributed by atoms with van der Waals surface area (Å²) >= 11 is 0. The molecular formula is C36H58N4O7S. The van der Waals surface area contributed by atoms with Crippen molar-refractivity contribution in [3.05, 3.63) is 83.9 Å². The molecule has 0 fully saturated rings. The first-order chi connectivity index (χ1) is 23.0. The summed E-state index contributed by atoms with van der Waals surface area (Å²) in [6.07, 6.45) is 27.1. The molecule has 0 spiro atoms. The predicted octanol–water partition coefficient (Wildman–Crippen LogP) is 4.71. The zero-order valence-electron chi connectivity index (χ0n) is 28.5. The molecule has 4 aliphatic carbocycles. The van der Waals surface area contributed by atoms with Crippen LogP contribution in [0.1, 0.15) is 58.3 Å². The fourth-order valence-corrected chi connectivity index (χ4v) is 8.00. The van der Waals surface area contributed by atoms with Crippen molar-refractivity contribution in [2.45, 2.75) is 81.7 Å². The normalized spacial score (nSPS) is 27.0. The number of unbranched alkanes of at least 4 members (excludes halogenated alkanes) is 1. The summed E-state index contributed by atoms with van der Waals surface area (Å²) in [4.78, 5) is 0. The second kappa shape index (κ2) is 18.7. The molecule has 12 heteroatoms. The molecule has 0 aromatic heterocycles. The number of nitrogens with one attached hydrogen (secondary N) is 2. The molecule has 10 N–H and O–H groups in total. The minimum Gasteiger partial charge on any atom is -0.494 e. The molecule has 4 aliphatic rings. The van der Waals surface area contributed by atoms with Crippen molar-refractivity contribution in [1.82, 2.24) is 10.0 Å². The van der Waals surface area contributed by atoms with Crippen LogP contribution in [0.5, 0.6) is 0 Å². The Labute approximate surface area is 288 Å². The smallest absolute Gasteiger partial charge is 0.229 e. The van der Waals surface area contributed by atoms with Crippen molar-refractivity contribution in [2.75, 3.05) is 33.4 Å². The van der Waals surface area contributed by atoms with Gasteiger partial charge in [-0.2, -0.15) is 0 Å². The summed E-state index contributed by atoms with van der Waals surface area (Å²) in [5, 5.41) is 23.9. The Kier molecular flexibility index (Phi) is 15.0. The molecular weight excluding hydrogens is 632 g/mol. The third-order valence-electron chi connectivity index (χ3n) is 9.53. The molecule has 6 atom stereocenters. The van der Waals surface area contributed by atoms with Crippen molar-refractivity contribution in [3.8, 4) is 0 Å². The summed E-state index contributed by atoms with van der Waals surface area (Å²) in [7, 11) is -1.21. The lowest BCUT2D eigenvalue weighted by atomic mass is 9.89. The second-order valence-electron chi connectivity index (χ2n) is 13.2. The van der Waals surface area contributed by atoms with Crippen LogP contribution in [0.15, 0.2) is 83.9 Å². The van der Waals surface area contributed by atoms with Gasteiger partial charge in [-0.15, -0.1) is 10.8 Å². The zero-order chi connectivity index (χ0) is 34.6. The molecule has 48 heavy (non-hydrogen) atoms. The van der Waals surface area contributed by atoms with Crippen LogP contribution < -0.4 is 21.5 Å². The van der Waals surface area contributed by atoms with Gasteiger partial charge in [0.15, 0.2) is 0 Å². The highest BCUT2D eigenvalue weighted by molar-refractivity contribution is 8.23. The molecule has 0 aromatic rings. The average molecular weight is 691 g/mol. The Balaban J connectivity index is 1.05. The maximum absolute atomic E-state index is 10.9. The van der Waals surface area contributed by atoms with Crippen molar-refractivity contribution in [2.24, 2.45) is 35.1 Å². The largest absolute Gasteiger partial charge is 0.494 e. The average Bonchev–Trinajstić information content (AvgIpc) is 3.10. The predicted molar refractivity (Wildman–Crippen MR) is 192 cm³/mol. The van der Waals surface area contributed by atoms with Crippen LogP contribution >= 0.6 is 10.8 Å². The number of nitrogens with two attached hydrogens (primary N) is 2. The number of hydrogen-bond acceptors (Lipinski definition) is 11. The molecule has 0 aromatic carbocycles. The zero-order valence-corrected chi connectivity index (χ0v) is 29.3. The summed E-state index contributed by atoms with van der Waals surface area (Å²) in [5.41, 5.74) is 12.2. The van der Waals surface area contributed by atoms with E-state index in [1.807, 2.05) is 36.5 Å². The Morgan fingerprint density at radius 3 is 2.10 bits per heavy atom. The summed E-state index contributed by atoms with van der Waals surface area (Å²) in [6, 6.07) is 0. The Bertz CT molecular complexity index is 1240. The van der Waals surface area contributed by atoms with E-state index in [0.29, 0.717) is 51.1 Å². The first-order valence-electron chi connectivity index (χ1n) is 17.3. The highest BCUT2D eigenvalue weighted by Gasteiger charge is 2.35. The fourth-order valence-electron chi connectivity index (χ4n) is 6.43. The number of rotatable bonds is 19. The first-order valence-corrected chi connectivity index (χ1v) is 18.9. The SMILES string of the molecule is CCC(OC)C1C=CCC(S(O)(O)NCC2C=CC(OCCCCOC3=CCC(CNC(O)(O)C4C=C(C(N)N)C=CC4)C=C3)=CC2)C1. The monoisotopic (exact) mass is 690 g/mol. The van der Waals surface area contributed by atoms with E-state index >= 15 is 0 Å². The minimum absolute atomic E-state index is 0.0964. The van der Waals surface area contributed by atoms with Gasteiger partial charge >= 0.3 is 0 Å². The fraction of sp³-hybridized carbons (Fsp3) is 0.611. The van der Waals surface area contributed by atoms with E-state index in [4.69, 9.17) is 25.7 Å². The van der Waals surface area contributed by atoms with Gasteiger partial charge in [-0.1, -0.05) is 49.5 Å². The first kappa shape index (κ1) is 38.6. The highest BCUT2D eigenvalue weighted by Crippen LogP contribution is 2.47. The van der Waals surface area contributed by atoms with Crippen LogP contribution in [0.25, 0.3) is 0 Å². The Hall–Kier alpha value is -2.23. The van der Waals surface area contributed by atoms with Gasteiger partial charge in [-0.25, -0.2) is 4.72 Å². The minimum atomic E-state index is -2.92. The lowest BCUT2D eigenvalue weighted by molar-refractivity contribution is -0.212. The van der Waals surface area contributed by atoms with Crippen molar-refractivity contribution < 1.29 is 33.5 Å². The molecule has 0 amide bonds. The summed E-state index contributed by atoms with van der Waals surface area (Å²) in [6.45, 7) is 4.18. The van der Waals surface area contributed by atoms with Gasteiger partial charge in [0.25, 0.3) is 0 Å². The van der Waals surface area contributed by atoms with Crippen LogP contribution in [-0.2, 0) is 14.2 Å². The van der Waals surface area contributed by atoms with E-state index in [0.717, 1.165) is 43.6 Å². The van der Waals surface area contributed by atoms with E-state index in [-0.39, 0.29) is 29.1 Å². The number of hydrogen-bond donors (Lipinski definition) is 8. The van der Waals surface area contributed by atoms with Gasteiger partial charge in [-0.05, 0) is 93.1 Å². The van der Waals surface area contributed by atoms with Gasteiger partial charge in [0.2, 0.25) is 5.91 Å². The molecule has 0 radical (unpaired) electrons. The Morgan fingerprint density at radius 2 is 1.54 bits per heavy atom. The molecule has 270 valence electrons. The van der Waals surface area contributed by atoms with E-state index < -0.39 is 28.8 Å². The van der Waals surface area contributed by atoms with Crippen LogP contribution in [0, 0.1) is 23.7 Å². The number of ether oxygens (including phenoxy) is 3. The van der Waals surface area contributed by atoms with Crippen LogP contribution in [0.3, 0.4) is 0 Å². The quantitative estimate of drug-likeness (QED) is 0.0534. The molecule has 0 bridgehead atoms. The van der Waals surface area contributed by atoms with Crippen LogP contribution in [-0.4, -0.2) is 76.2 Å². The van der Waals surface area contributed by atoms with E-state index in [1.165, 1.54) is 0 Å². The molecule has 6 unspecified atom stereocenters. The third kappa shape index (κ3) is 11.7. The van der Waals surface area contributed by atoms with Gasteiger partial charge in [0.05, 0.1) is 36.7 Å². The molecule has 0 saturated heterocycles. The second-order valence-corrected chi connectivity index (χ2v) is 15.3. The standard InChI is InChI=1S/C36H58N4O7S/c1-3-34(45-2)28-8-7-11-33(23-28)48(43,44)40-25-27-14-18-32(19-15-27)47-21-5-4-20-46-31-16-12-26(13-17-31)24-39-36(41,42)30-10-6-9-29(22-30)35(37)38/h6-9,12,14,16-19,22,26-28,30,33-35,39-44H,3-5,10-11,13,15,20-21,23-25,37-38H2,1-2H3. The topological polar surface area (TPSA) is 185 Å².